The molecule has 1 aliphatic carbocycles. The smallest absolute Gasteiger partial charge is 0.229 e. The average Bonchev–Trinajstić information content (AvgIpc) is 2.82. The van der Waals surface area contributed by atoms with E-state index in [4.69, 9.17) is 0 Å². The van der Waals surface area contributed by atoms with Crippen molar-refractivity contribution in [3.63, 3.8) is 0 Å². The monoisotopic (exact) mass is 443 g/mol. The van der Waals surface area contributed by atoms with Crippen molar-refractivity contribution in [3.05, 3.63) is 0 Å². The maximum absolute atomic E-state index is 13.4. The van der Waals surface area contributed by atoms with Gasteiger partial charge in [0.1, 0.15) is 0 Å². The van der Waals surface area contributed by atoms with Gasteiger partial charge in [0, 0.05) is 10.4 Å². The van der Waals surface area contributed by atoms with Gasteiger partial charge in [0.2, 0.25) is 5.91 Å². The van der Waals surface area contributed by atoms with Crippen molar-refractivity contribution in [1.29, 1.82) is 0 Å². The molecule has 0 aromatic carbocycles. The highest BCUT2D eigenvalue weighted by Gasteiger charge is 2.57. The number of aliphatic hydroxyl groups is 1. The highest BCUT2D eigenvalue weighted by Crippen LogP contribution is 2.52. The topological polar surface area (TPSA) is 49.3 Å². The number of rotatable bonds is 3. The number of alkyl halides is 1. The Morgan fingerprint density at radius 2 is 1.67 bits per heavy atom. The summed E-state index contributed by atoms with van der Waals surface area (Å²) >= 11 is 3.75. The minimum absolute atomic E-state index is 0.0512. The maximum atomic E-state index is 13.4. The van der Waals surface area contributed by atoms with Gasteiger partial charge < -0.3 is 10.4 Å². The Bertz CT molecular complexity index is 525. The molecule has 0 aromatic rings. The normalized spacial score (nSPS) is 38.0. The van der Waals surface area contributed by atoms with E-state index in [1.165, 1.54) is 0 Å². The summed E-state index contributed by atoms with van der Waals surface area (Å²) in [4.78, 5) is 13.4. The molecule has 1 aliphatic heterocycles. The van der Waals surface area contributed by atoms with E-state index in [2.05, 4.69) is 76.6 Å². The molecule has 1 heterocycles. The molecule has 1 saturated carbocycles. The van der Waals surface area contributed by atoms with E-state index >= 15 is 0 Å². The summed E-state index contributed by atoms with van der Waals surface area (Å²) in [6.07, 6.45) is 5.10. The highest BCUT2D eigenvalue weighted by molar-refractivity contribution is 9.10. The standard InChI is InChI=1S/C23H42BrNO2/c1-15(11-22(7,8)24)17-13-23(19(27)25-17)16(2)12-20(3,4)9-10-21(5,6)14-18(23)26/h15-18,26H,9-14H2,1-8H3,(H,25,27). The summed E-state index contributed by atoms with van der Waals surface area (Å²) in [5, 5.41) is 14.7. The van der Waals surface area contributed by atoms with Crippen molar-refractivity contribution in [3.8, 4) is 0 Å². The minimum Gasteiger partial charge on any atom is -0.392 e. The lowest BCUT2D eigenvalue weighted by Gasteiger charge is -2.41. The predicted molar refractivity (Wildman–Crippen MR) is 117 cm³/mol. The van der Waals surface area contributed by atoms with Crippen LogP contribution >= 0.6 is 15.9 Å². The second kappa shape index (κ2) is 7.63. The Morgan fingerprint density at radius 3 is 2.19 bits per heavy atom. The van der Waals surface area contributed by atoms with Crippen molar-refractivity contribution >= 4 is 21.8 Å². The van der Waals surface area contributed by atoms with Crippen LogP contribution in [0.1, 0.15) is 93.9 Å². The zero-order valence-electron chi connectivity index (χ0n) is 18.8. The SMILES string of the molecule is CC(CC(C)(C)Br)C1CC2(C(=O)N1)C(C)CC(C)(C)CCC(C)(C)CC2O. The molecule has 3 nitrogen and oxygen atoms in total. The van der Waals surface area contributed by atoms with Gasteiger partial charge in [-0.2, -0.15) is 0 Å². The third-order valence-corrected chi connectivity index (χ3v) is 7.67. The maximum Gasteiger partial charge on any atom is 0.229 e. The lowest BCUT2D eigenvalue weighted by molar-refractivity contribution is -0.140. The molecule has 4 heteroatoms. The second-order valence-electron chi connectivity index (χ2n) is 11.9. The molecule has 0 radical (unpaired) electrons. The Kier molecular flexibility index (Phi) is 6.55. The zero-order chi connectivity index (χ0) is 20.8. The van der Waals surface area contributed by atoms with Gasteiger partial charge >= 0.3 is 0 Å². The lowest BCUT2D eigenvalue weighted by Crippen LogP contribution is -2.48. The van der Waals surface area contributed by atoms with E-state index in [0.717, 1.165) is 32.1 Å². The Morgan fingerprint density at radius 1 is 1.15 bits per heavy atom. The van der Waals surface area contributed by atoms with Crippen LogP contribution in [0.4, 0.5) is 0 Å². The van der Waals surface area contributed by atoms with Crippen LogP contribution in [0.3, 0.4) is 0 Å². The van der Waals surface area contributed by atoms with Crippen molar-refractivity contribution in [1.82, 2.24) is 5.32 Å². The average molecular weight is 444 g/mol. The molecule has 5 unspecified atom stereocenters. The molecule has 5 atom stereocenters. The first-order valence-electron chi connectivity index (χ1n) is 10.8. The Balaban J connectivity index is 2.36. The molecular weight excluding hydrogens is 402 g/mol. The van der Waals surface area contributed by atoms with E-state index < -0.39 is 11.5 Å². The second-order valence-corrected chi connectivity index (χ2v) is 14.0. The molecule has 27 heavy (non-hydrogen) atoms. The molecule has 2 aliphatic rings. The van der Waals surface area contributed by atoms with Crippen LogP contribution in [0.15, 0.2) is 0 Å². The van der Waals surface area contributed by atoms with Crippen molar-refractivity contribution in [2.75, 3.05) is 0 Å². The van der Waals surface area contributed by atoms with Gasteiger partial charge in [-0.25, -0.2) is 0 Å². The number of halogens is 1. The summed E-state index contributed by atoms with van der Waals surface area (Å²) in [6.45, 7) is 17.9. The molecule has 1 amide bonds. The third kappa shape index (κ3) is 5.29. The van der Waals surface area contributed by atoms with Crippen LogP contribution in [0, 0.1) is 28.1 Å². The fourth-order valence-electron chi connectivity index (χ4n) is 5.70. The number of carbonyl (C=O) groups excluding carboxylic acids is 1. The minimum atomic E-state index is -0.658. The zero-order valence-corrected chi connectivity index (χ0v) is 20.4. The molecule has 2 rings (SSSR count). The van der Waals surface area contributed by atoms with Gasteiger partial charge in [0.05, 0.1) is 11.5 Å². The molecule has 0 aromatic heterocycles. The molecular formula is C23H42BrNO2. The predicted octanol–water partition coefficient (Wildman–Crippen LogP) is 5.68. The van der Waals surface area contributed by atoms with E-state index in [0.29, 0.717) is 12.3 Å². The number of nitrogens with one attached hydrogen (secondary N) is 1. The first-order valence-corrected chi connectivity index (χ1v) is 11.6. The number of hydrogen-bond acceptors (Lipinski definition) is 2. The van der Waals surface area contributed by atoms with Crippen LogP contribution in [0.2, 0.25) is 0 Å². The summed E-state index contributed by atoms with van der Waals surface area (Å²) < 4.78 is 0.0551. The molecule has 158 valence electrons. The highest BCUT2D eigenvalue weighted by atomic mass is 79.9. The van der Waals surface area contributed by atoms with Gasteiger partial charge in [-0.3, -0.25) is 4.79 Å². The van der Waals surface area contributed by atoms with Gasteiger partial charge in [-0.05, 0) is 61.2 Å². The van der Waals surface area contributed by atoms with Crippen molar-refractivity contribution in [2.24, 2.45) is 28.1 Å². The van der Waals surface area contributed by atoms with Crippen molar-refractivity contribution in [2.45, 2.75) is 110 Å². The third-order valence-electron chi connectivity index (χ3n) is 7.35. The number of hydrogen-bond donors (Lipinski definition) is 2. The summed E-state index contributed by atoms with van der Waals surface area (Å²) in [6, 6.07) is 0.137. The van der Waals surface area contributed by atoms with Crippen LogP contribution in [0.25, 0.3) is 0 Å². The van der Waals surface area contributed by atoms with Gasteiger partial charge in [0.25, 0.3) is 0 Å². The summed E-state index contributed by atoms with van der Waals surface area (Å²) in [5.41, 5.74) is -0.417. The Hall–Kier alpha value is -0.0900. The first kappa shape index (κ1) is 23.2. The number of amides is 1. The van der Waals surface area contributed by atoms with Gasteiger partial charge in [0.15, 0.2) is 0 Å². The molecule has 0 bridgehead atoms. The van der Waals surface area contributed by atoms with E-state index in [9.17, 15) is 9.90 Å². The quantitative estimate of drug-likeness (QED) is 0.550. The fourth-order valence-corrected chi connectivity index (χ4v) is 6.21. The Labute approximate surface area is 175 Å². The molecule has 2 N–H and O–H groups in total. The van der Waals surface area contributed by atoms with Gasteiger partial charge in [-0.15, -0.1) is 0 Å². The van der Waals surface area contributed by atoms with Crippen LogP contribution in [0.5, 0.6) is 0 Å². The van der Waals surface area contributed by atoms with E-state index in [1.54, 1.807) is 0 Å². The first-order chi connectivity index (χ1) is 12.1. The van der Waals surface area contributed by atoms with Crippen LogP contribution in [-0.2, 0) is 4.79 Å². The molecule has 2 fully saturated rings. The van der Waals surface area contributed by atoms with Crippen LogP contribution < -0.4 is 5.32 Å². The fraction of sp³-hybridized carbons (Fsp3) is 0.957. The largest absolute Gasteiger partial charge is 0.392 e. The van der Waals surface area contributed by atoms with Crippen LogP contribution in [-0.4, -0.2) is 27.5 Å². The number of aliphatic hydroxyl groups excluding tert-OH is 1. The van der Waals surface area contributed by atoms with E-state index in [1.807, 2.05) is 0 Å². The summed E-state index contributed by atoms with van der Waals surface area (Å²) in [7, 11) is 0. The summed E-state index contributed by atoms with van der Waals surface area (Å²) in [5.74, 6) is 0.626. The lowest BCUT2D eigenvalue weighted by atomic mass is 9.63. The number of carbonyl (C=O) groups is 1. The molecule has 1 saturated heterocycles. The molecule has 1 spiro atoms. The van der Waals surface area contributed by atoms with Gasteiger partial charge in [-0.1, -0.05) is 71.3 Å². The van der Waals surface area contributed by atoms with E-state index in [-0.39, 0.29) is 33.0 Å². The van der Waals surface area contributed by atoms with Crippen molar-refractivity contribution < 1.29 is 9.90 Å².